The molecule has 1 unspecified atom stereocenters. The smallest absolute Gasteiger partial charge is 0.338 e. The zero-order chi connectivity index (χ0) is 22.0. The first-order valence-electron chi connectivity index (χ1n) is 8.13. The highest BCUT2D eigenvalue weighted by atomic mass is 32.2. The number of hydrogen-bond donors (Lipinski definition) is 1. The van der Waals surface area contributed by atoms with Crippen molar-refractivity contribution in [2.75, 3.05) is 20.6 Å². The van der Waals surface area contributed by atoms with Crippen LogP contribution >= 0.6 is 11.3 Å². The maximum Gasteiger partial charge on any atom is 0.338 e. The van der Waals surface area contributed by atoms with E-state index in [-0.39, 0.29) is 15.3 Å². The van der Waals surface area contributed by atoms with Crippen molar-refractivity contribution in [3.8, 4) is 0 Å². The normalized spacial score (nSPS) is 14.2. The second kappa shape index (κ2) is 8.71. The van der Waals surface area contributed by atoms with Crippen LogP contribution in [0.4, 0.5) is 0 Å². The number of primary sulfonamides is 1. The predicted octanol–water partition coefficient (Wildman–Crippen LogP) is -0.474. The van der Waals surface area contributed by atoms with Gasteiger partial charge in [0.1, 0.15) is 6.10 Å². The van der Waals surface area contributed by atoms with Gasteiger partial charge in [0.15, 0.2) is 0 Å². The predicted molar refractivity (Wildman–Crippen MR) is 105 cm³/mol. The van der Waals surface area contributed by atoms with Gasteiger partial charge in [-0.05, 0) is 39.2 Å². The Hall–Kier alpha value is -2.13. The molecule has 1 heterocycles. The molecule has 1 aromatic heterocycles. The minimum atomic E-state index is -4.25. The molecule has 0 amide bonds. The van der Waals surface area contributed by atoms with Crippen molar-refractivity contribution in [3.63, 3.8) is 0 Å². The largest absolute Gasteiger partial charge is 0.458 e. The van der Waals surface area contributed by atoms with Crippen LogP contribution in [-0.4, -0.2) is 64.2 Å². The summed E-state index contributed by atoms with van der Waals surface area (Å²) >= 11 is 0.509. The second-order valence-electron chi connectivity index (χ2n) is 6.39. The van der Waals surface area contributed by atoms with Gasteiger partial charge < -0.3 is 9.64 Å². The topological polar surface area (TPSA) is 154 Å². The number of carbonyl (C=O) groups is 1. The van der Waals surface area contributed by atoms with Gasteiger partial charge in [-0.1, -0.05) is 17.4 Å². The minimum Gasteiger partial charge on any atom is -0.458 e. The summed E-state index contributed by atoms with van der Waals surface area (Å²) in [4.78, 5) is 13.7. The van der Waals surface area contributed by atoms with E-state index in [1.165, 1.54) is 25.2 Å². The molecule has 160 valence electrons. The third kappa shape index (κ3) is 6.17. The zero-order valence-electron chi connectivity index (χ0n) is 16.1. The number of carbonyl (C=O) groups excluding carboxylic acids is 1. The van der Waals surface area contributed by atoms with Crippen LogP contribution in [0.2, 0.25) is 0 Å². The first-order valence-corrected chi connectivity index (χ1v) is 11.9. The number of aromatic nitrogens is 2. The molecule has 11 nitrogen and oxygen atoms in total. The van der Waals surface area contributed by atoms with E-state index in [0.29, 0.717) is 17.9 Å². The average Bonchev–Trinajstić information content (AvgIpc) is 2.94. The Morgan fingerprint density at radius 3 is 2.55 bits per heavy atom. The van der Waals surface area contributed by atoms with Gasteiger partial charge in [-0.15, -0.1) is 9.50 Å². The Bertz CT molecular complexity index is 1180. The number of benzene rings is 1. The van der Waals surface area contributed by atoms with Crippen molar-refractivity contribution in [2.24, 2.45) is 16.6 Å². The summed E-state index contributed by atoms with van der Waals surface area (Å²) in [5.74, 6) is -0.670. The molecule has 0 fully saturated rings. The molecule has 2 aromatic rings. The number of esters is 1. The van der Waals surface area contributed by atoms with Crippen molar-refractivity contribution < 1.29 is 26.4 Å². The van der Waals surface area contributed by atoms with Crippen molar-refractivity contribution >= 4 is 37.4 Å². The third-order valence-corrected chi connectivity index (χ3v) is 7.12. The molecule has 1 atom stereocenters. The first kappa shape index (κ1) is 23.2. The van der Waals surface area contributed by atoms with Gasteiger partial charge in [0.2, 0.25) is 9.14 Å². The number of aryl methyl sites for hydroxylation is 1. The summed E-state index contributed by atoms with van der Waals surface area (Å²) < 4.78 is 57.4. The molecule has 2 N–H and O–H groups in total. The summed E-state index contributed by atoms with van der Waals surface area (Å²) in [5, 5.41) is 8.65. The molecule has 0 aliphatic carbocycles. The Balaban J connectivity index is 2.37. The van der Waals surface area contributed by atoms with Crippen molar-refractivity contribution in [1.82, 2.24) is 14.7 Å². The Labute approximate surface area is 172 Å². The van der Waals surface area contributed by atoms with Gasteiger partial charge in [-0.3, -0.25) is 0 Å². The molecule has 0 aliphatic heterocycles. The molecule has 0 aliphatic rings. The lowest BCUT2D eigenvalue weighted by Gasteiger charge is -2.17. The van der Waals surface area contributed by atoms with Crippen LogP contribution in [0.15, 0.2) is 37.9 Å². The summed E-state index contributed by atoms with van der Waals surface area (Å²) in [6, 6.07) is 5.22. The van der Waals surface area contributed by atoms with Crippen LogP contribution in [0.3, 0.4) is 0 Å². The number of rotatable bonds is 7. The van der Waals surface area contributed by atoms with E-state index in [0.717, 1.165) is 10.7 Å². The van der Waals surface area contributed by atoms with Crippen LogP contribution in [0, 0.1) is 0 Å². The maximum atomic E-state index is 12.6. The van der Waals surface area contributed by atoms with E-state index in [4.69, 9.17) is 9.88 Å². The van der Waals surface area contributed by atoms with E-state index in [1.807, 2.05) is 19.0 Å². The average molecular weight is 464 g/mol. The van der Waals surface area contributed by atoms with Crippen molar-refractivity contribution in [1.29, 1.82) is 0 Å². The summed E-state index contributed by atoms with van der Waals surface area (Å²) in [5.41, 5.74) is 0.0470. The lowest BCUT2D eigenvalue weighted by molar-refractivity contribution is 0.0289. The van der Waals surface area contributed by atoms with Crippen LogP contribution < -0.4 is 9.94 Å². The Kier molecular flexibility index (Phi) is 6.95. The van der Waals surface area contributed by atoms with Gasteiger partial charge in [0.25, 0.3) is 20.0 Å². The highest BCUT2D eigenvalue weighted by molar-refractivity contribution is 7.91. The fraction of sp³-hybridized carbons (Fsp3) is 0.400. The van der Waals surface area contributed by atoms with Crippen LogP contribution in [0.5, 0.6) is 0 Å². The molecular formula is C15H21N5O6S3. The molecule has 0 saturated heterocycles. The highest BCUT2D eigenvalue weighted by Gasteiger charge is 2.20. The second-order valence-corrected chi connectivity index (χ2v) is 10.7. The van der Waals surface area contributed by atoms with E-state index in [9.17, 15) is 21.6 Å². The van der Waals surface area contributed by atoms with E-state index in [1.54, 1.807) is 6.92 Å². The van der Waals surface area contributed by atoms with Gasteiger partial charge in [0, 0.05) is 13.6 Å². The van der Waals surface area contributed by atoms with Gasteiger partial charge in [-0.25, -0.2) is 23.0 Å². The summed E-state index contributed by atoms with van der Waals surface area (Å²) in [6.07, 6.45) is -0.393. The van der Waals surface area contributed by atoms with Gasteiger partial charge in [0.05, 0.1) is 10.5 Å². The molecule has 0 radical (unpaired) electrons. The SMILES string of the molecule is CC(CN(C)C)OC(=O)c1cccc(S(=O)(=O)/N=c2/sc(S(N)(=O)=O)nn2C)c1. The lowest BCUT2D eigenvalue weighted by Crippen LogP contribution is -2.28. The summed E-state index contributed by atoms with van der Waals surface area (Å²) in [7, 11) is -3.35. The molecule has 0 spiro atoms. The molecule has 1 aromatic carbocycles. The number of likely N-dealkylation sites (N-methyl/N-ethyl adjacent to an activating group) is 1. The van der Waals surface area contributed by atoms with E-state index >= 15 is 0 Å². The van der Waals surface area contributed by atoms with Gasteiger partial charge in [-0.2, -0.15) is 8.42 Å². The zero-order valence-corrected chi connectivity index (χ0v) is 18.6. The molecular weight excluding hydrogens is 442 g/mol. The Morgan fingerprint density at radius 2 is 2.00 bits per heavy atom. The quantitative estimate of drug-likeness (QED) is 0.540. The highest BCUT2D eigenvalue weighted by Crippen LogP contribution is 2.16. The van der Waals surface area contributed by atoms with Crippen molar-refractivity contribution in [2.45, 2.75) is 22.3 Å². The van der Waals surface area contributed by atoms with Crippen LogP contribution in [-0.2, 0) is 31.8 Å². The first-order chi connectivity index (χ1) is 13.3. The molecule has 14 heteroatoms. The fourth-order valence-corrected chi connectivity index (χ4v) is 5.08. The van der Waals surface area contributed by atoms with Crippen LogP contribution in [0.25, 0.3) is 0 Å². The number of nitrogens with two attached hydrogens (primary N) is 1. The molecule has 0 bridgehead atoms. The van der Waals surface area contributed by atoms with E-state index in [2.05, 4.69) is 9.50 Å². The monoisotopic (exact) mass is 463 g/mol. The Morgan fingerprint density at radius 1 is 1.34 bits per heavy atom. The van der Waals surface area contributed by atoms with E-state index < -0.39 is 36.5 Å². The number of hydrogen-bond acceptors (Lipinski definition) is 9. The molecule has 2 rings (SSSR count). The minimum absolute atomic E-state index is 0.0470. The van der Waals surface area contributed by atoms with Gasteiger partial charge >= 0.3 is 5.97 Å². The fourth-order valence-electron chi connectivity index (χ4n) is 2.26. The number of nitrogens with zero attached hydrogens (tertiary/aromatic N) is 4. The lowest BCUT2D eigenvalue weighted by atomic mass is 10.2. The van der Waals surface area contributed by atoms with Crippen LogP contribution in [0.1, 0.15) is 17.3 Å². The summed E-state index contributed by atoms with van der Waals surface area (Å²) in [6.45, 7) is 2.23. The third-order valence-electron chi connectivity index (χ3n) is 3.43. The maximum absolute atomic E-state index is 12.6. The number of ether oxygens (including phenoxy) is 1. The van der Waals surface area contributed by atoms with Crippen molar-refractivity contribution in [3.05, 3.63) is 34.6 Å². The number of sulfonamides is 2. The molecule has 29 heavy (non-hydrogen) atoms. The molecule has 0 saturated carbocycles. The standard InChI is InChI=1S/C15H21N5O6S3/c1-10(9-19(2)3)26-13(21)11-6-5-7-12(8-11)29(24,25)18-14-20(4)17-15(27-14)28(16,22)23/h5-8,10H,9H2,1-4H3,(H2,16,22,23)/b18-14+.